The van der Waals surface area contributed by atoms with E-state index in [2.05, 4.69) is 10.3 Å². The van der Waals surface area contributed by atoms with E-state index in [0.29, 0.717) is 11.3 Å². The average Bonchev–Trinajstić information content (AvgIpc) is 2.94. The number of aromatic nitrogens is 3. The summed E-state index contributed by atoms with van der Waals surface area (Å²) in [5.74, 6) is -0.457. The summed E-state index contributed by atoms with van der Waals surface area (Å²) in [5, 5.41) is 13.1. The predicted octanol–water partition coefficient (Wildman–Crippen LogP) is 2.12. The molecule has 0 bridgehead atoms. The molecule has 1 aromatic carbocycles. The molecule has 0 unspecified atom stereocenters. The monoisotopic (exact) mass is 428 g/mol. The summed E-state index contributed by atoms with van der Waals surface area (Å²) in [4.78, 5) is 15.7. The fraction of sp³-hybridized carbons (Fsp3) is 0.176. The number of aromatic hydroxyl groups is 1. The molecular weight excluding hydrogens is 413 g/mol. The highest BCUT2D eigenvalue weighted by molar-refractivity contribution is 7.92. The van der Waals surface area contributed by atoms with E-state index in [1.807, 2.05) is 0 Å². The number of sulfone groups is 1. The Hall–Kier alpha value is -3.28. The first-order valence-electron chi connectivity index (χ1n) is 8.10. The zero-order valence-corrected chi connectivity index (χ0v) is 15.7. The maximum atomic E-state index is 12.7. The first-order valence-corrected chi connectivity index (χ1v) is 9.58. The lowest BCUT2D eigenvalue weighted by molar-refractivity contribution is -0.0436. The Morgan fingerprint density at radius 3 is 2.41 bits per heavy atom. The van der Waals surface area contributed by atoms with Crippen molar-refractivity contribution in [3.05, 3.63) is 65.0 Å². The van der Waals surface area contributed by atoms with Gasteiger partial charge in [0, 0.05) is 13.2 Å². The van der Waals surface area contributed by atoms with Crippen LogP contribution in [0.4, 0.5) is 18.9 Å². The number of pyridine rings is 1. The van der Waals surface area contributed by atoms with Gasteiger partial charge >= 0.3 is 11.2 Å². The SMILES string of the molecule is CNc1cnccc1Cn1cc(O)n(-c2ccc(S(=O)(=O)C(F)(F)F)cc2)c1=O. The normalized spacial score (nSPS) is 12.1. The zero-order valence-electron chi connectivity index (χ0n) is 14.9. The van der Waals surface area contributed by atoms with E-state index in [1.54, 1.807) is 19.3 Å². The van der Waals surface area contributed by atoms with E-state index in [-0.39, 0.29) is 12.2 Å². The zero-order chi connectivity index (χ0) is 21.4. The van der Waals surface area contributed by atoms with Crippen molar-refractivity contribution in [3.8, 4) is 11.6 Å². The molecule has 2 aromatic heterocycles. The number of imidazole rings is 1. The summed E-state index contributed by atoms with van der Waals surface area (Å²) in [6.45, 7) is 0.0959. The molecule has 154 valence electrons. The highest BCUT2D eigenvalue weighted by Crippen LogP contribution is 2.30. The first kappa shape index (κ1) is 20.5. The molecule has 3 rings (SSSR count). The molecule has 8 nitrogen and oxygen atoms in total. The van der Waals surface area contributed by atoms with E-state index in [0.717, 1.165) is 28.8 Å². The molecule has 0 atom stereocenters. The quantitative estimate of drug-likeness (QED) is 0.645. The van der Waals surface area contributed by atoms with E-state index < -0.39 is 31.8 Å². The number of anilines is 1. The van der Waals surface area contributed by atoms with E-state index in [1.165, 1.54) is 17.0 Å². The third-order valence-electron chi connectivity index (χ3n) is 4.17. The van der Waals surface area contributed by atoms with Gasteiger partial charge in [-0.3, -0.25) is 9.55 Å². The van der Waals surface area contributed by atoms with Gasteiger partial charge in [0.05, 0.1) is 35.2 Å². The van der Waals surface area contributed by atoms with Crippen LogP contribution in [0.2, 0.25) is 0 Å². The van der Waals surface area contributed by atoms with Crippen LogP contribution >= 0.6 is 0 Å². The van der Waals surface area contributed by atoms with Gasteiger partial charge in [0.15, 0.2) is 0 Å². The van der Waals surface area contributed by atoms with Crippen LogP contribution in [0.15, 0.2) is 58.6 Å². The van der Waals surface area contributed by atoms with Crippen LogP contribution in [-0.4, -0.2) is 40.2 Å². The molecule has 2 heterocycles. The number of halogens is 3. The molecule has 0 saturated carbocycles. The van der Waals surface area contributed by atoms with E-state index in [4.69, 9.17) is 0 Å². The molecule has 0 radical (unpaired) electrons. The van der Waals surface area contributed by atoms with Crippen molar-refractivity contribution in [3.63, 3.8) is 0 Å². The molecular formula is C17H15F3N4O4S. The van der Waals surface area contributed by atoms with Gasteiger partial charge in [-0.25, -0.2) is 17.8 Å². The first-order chi connectivity index (χ1) is 13.6. The van der Waals surface area contributed by atoms with Gasteiger partial charge in [0.1, 0.15) is 0 Å². The number of benzene rings is 1. The lowest BCUT2D eigenvalue weighted by Gasteiger charge is -2.09. The smallest absolute Gasteiger partial charge is 0.493 e. The van der Waals surface area contributed by atoms with Gasteiger partial charge in [-0.2, -0.15) is 13.2 Å². The van der Waals surface area contributed by atoms with Crippen molar-refractivity contribution >= 4 is 15.5 Å². The van der Waals surface area contributed by atoms with E-state index in [9.17, 15) is 31.5 Å². The van der Waals surface area contributed by atoms with Crippen LogP contribution in [0, 0.1) is 0 Å². The standard InChI is InChI=1S/C17H15F3N4O4S/c1-21-14-8-22-7-6-11(14)9-23-10-15(25)24(16(23)26)12-2-4-13(5-3-12)29(27,28)17(18,19)20/h2-8,10,21,25H,9H2,1H3. The van der Waals surface area contributed by atoms with Crippen LogP contribution in [0.3, 0.4) is 0 Å². The topological polar surface area (TPSA) is 106 Å². The van der Waals surface area contributed by atoms with Gasteiger partial charge in [-0.05, 0) is 35.9 Å². The fourth-order valence-corrected chi connectivity index (χ4v) is 3.47. The molecule has 0 fully saturated rings. The Morgan fingerprint density at radius 1 is 1.17 bits per heavy atom. The van der Waals surface area contributed by atoms with Crippen LogP contribution in [0.5, 0.6) is 5.88 Å². The second-order valence-electron chi connectivity index (χ2n) is 5.96. The Morgan fingerprint density at radius 2 is 1.83 bits per heavy atom. The lowest BCUT2D eigenvalue weighted by atomic mass is 10.2. The number of rotatable bonds is 5. The summed E-state index contributed by atoms with van der Waals surface area (Å²) in [6, 6.07) is 5.15. The third kappa shape index (κ3) is 3.70. The van der Waals surface area contributed by atoms with Crippen molar-refractivity contribution in [2.45, 2.75) is 16.9 Å². The second kappa shape index (κ2) is 7.28. The Labute approximate surface area is 162 Å². The third-order valence-corrected chi connectivity index (χ3v) is 5.67. The van der Waals surface area contributed by atoms with Crippen LogP contribution in [0.1, 0.15) is 5.56 Å². The molecule has 0 aliphatic rings. The Kier molecular flexibility index (Phi) is 5.13. The van der Waals surface area contributed by atoms with Crippen LogP contribution in [0.25, 0.3) is 5.69 Å². The van der Waals surface area contributed by atoms with Gasteiger partial charge in [0.25, 0.3) is 9.84 Å². The Balaban J connectivity index is 1.98. The molecule has 0 spiro atoms. The predicted molar refractivity (Wildman–Crippen MR) is 97.8 cm³/mol. The highest BCUT2D eigenvalue weighted by atomic mass is 32.2. The minimum atomic E-state index is -5.51. The molecule has 0 amide bonds. The van der Waals surface area contributed by atoms with Crippen LogP contribution < -0.4 is 11.0 Å². The maximum Gasteiger partial charge on any atom is 0.501 e. The van der Waals surface area contributed by atoms with Gasteiger partial charge < -0.3 is 10.4 Å². The van der Waals surface area contributed by atoms with Crippen molar-refractivity contribution in [2.75, 3.05) is 12.4 Å². The van der Waals surface area contributed by atoms with Gasteiger partial charge in [-0.1, -0.05) is 0 Å². The second-order valence-corrected chi connectivity index (χ2v) is 7.90. The molecule has 12 heteroatoms. The number of nitrogens with zero attached hydrogens (tertiary/aromatic N) is 3. The summed E-state index contributed by atoms with van der Waals surface area (Å²) in [7, 11) is -3.82. The van der Waals surface area contributed by atoms with Crippen LogP contribution in [-0.2, 0) is 16.4 Å². The largest absolute Gasteiger partial charge is 0.501 e. The highest BCUT2D eigenvalue weighted by Gasteiger charge is 2.46. The molecule has 2 N–H and O–H groups in total. The average molecular weight is 428 g/mol. The number of alkyl halides is 3. The fourth-order valence-electron chi connectivity index (χ4n) is 2.71. The number of hydrogen-bond donors (Lipinski definition) is 2. The molecule has 0 saturated heterocycles. The van der Waals surface area contributed by atoms with E-state index >= 15 is 0 Å². The summed E-state index contributed by atoms with van der Waals surface area (Å²) in [6.07, 6.45) is 4.28. The summed E-state index contributed by atoms with van der Waals surface area (Å²) >= 11 is 0. The molecule has 0 aliphatic carbocycles. The van der Waals surface area contributed by atoms with Crippen molar-refractivity contribution in [1.29, 1.82) is 0 Å². The molecule has 29 heavy (non-hydrogen) atoms. The maximum absolute atomic E-state index is 12.7. The van der Waals surface area contributed by atoms with Crippen molar-refractivity contribution in [2.24, 2.45) is 0 Å². The number of nitrogens with one attached hydrogen (secondary N) is 1. The number of hydrogen-bond acceptors (Lipinski definition) is 6. The molecule has 3 aromatic rings. The Bertz CT molecular complexity index is 1200. The summed E-state index contributed by atoms with van der Waals surface area (Å²) < 4.78 is 62.9. The summed E-state index contributed by atoms with van der Waals surface area (Å²) in [5.41, 5.74) is -4.70. The van der Waals surface area contributed by atoms with Crippen molar-refractivity contribution in [1.82, 2.24) is 14.1 Å². The van der Waals surface area contributed by atoms with Gasteiger partial charge in [-0.15, -0.1) is 0 Å². The van der Waals surface area contributed by atoms with Gasteiger partial charge in [0.2, 0.25) is 5.88 Å². The minimum absolute atomic E-state index is 0.0101. The lowest BCUT2D eigenvalue weighted by Crippen LogP contribution is -2.24. The minimum Gasteiger partial charge on any atom is -0.493 e. The van der Waals surface area contributed by atoms with Crippen molar-refractivity contribution < 1.29 is 26.7 Å². The molecule has 0 aliphatic heterocycles.